The maximum atomic E-state index is 12.1. The number of hydrogen-bond acceptors (Lipinski definition) is 5. The number of likely N-dealkylation sites (N-methyl/N-ethyl adjacent to an activating group) is 1. The van der Waals surface area contributed by atoms with Crippen LogP contribution in [0, 0.1) is 0 Å². The highest BCUT2D eigenvalue weighted by molar-refractivity contribution is 5.81. The van der Waals surface area contributed by atoms with E-state index in [9.17, 15) is 9.90 Å². The van der Waals surface area contributed by atoms with Crippen molar-refractivity contribution in [1.29, 1.82) is 0 Å². The zero-order valence-electron chi connectivity index (χ0n) is 13.1. The Hall–Kier alpha value is -1.79. The number of aliphatic hydroxyl groups is 1. The van der Waals surface area contributed by atoms with E-state index in [2.05, 4.69) is 10.2 Å². The number of nitrogens with one attached hydrogen (secondary N) is 1. The summed E-state index contributed by atoms with van der Waals surface area (Å²) in [5, 5.41) is 12.7. The Kier molecular flexibility index (Phi) is 6.03. The number of carbonyl (C=O) groups excluding carboxylic acids is 1. The number of ether oxygens (including phenoxy) is 2. The second-order valence-electron chi connectivity index (χ2n) is 5.25. The van der Waals surface area contributed by atoms with E-state index in [4.69, 9.17) is 9.47 Å². The van der Waals surface area contributed by atoms with Crippen LogP contribution < -0.4 is 14.8 Å². The summed E-state index contributed by atoms with van der Waals surface area (Å²) < 4.78 is 11.1. The quantitative estimate of drug-likeness (QED) is 0.774. The van der Waals surface area contributed by atoms with Gasteiger partial charge in [0.25, 0.3) is 5.91 Å². The Bertz CT molecular complexity index is 491. The minimum absolute atomic E-state index is 0.176. The zero-order chi connectivity index (χ0) is 15.9. The van der Waals surface area contributed by atoms with Gasteiger partial charge in [-0.25, -0.2) is 0 Å². The molecule has 1 aromatic carbocycles. The van der Waals surface area contributed by atoms with Gasteiger partial charge in [0.05, 0.1) is 6.10 Å². The second kappa shape index (κ2) is 8.00. The number of rotatable bonds is 7. The molecule has 0 spiro atoms. The predicted octanol–water partition coefficient (Wildman–Crippen LogP) is 0.645. The summed E-state index contributed by atoms with van der Waals surface area (Å²) in [6.45, 7) is 6.75. The van der Waals surface area contributed by atoms with E-state index < -0.39 is 12.2 Å². The smallest absolute Gasteiger partial charge is 0.264 e. The molecule has 122 valence electrons. The van der Waals surface area contributed by atoms with Gasteiger partial charge < -0.3 is 24.8 Å². The number of fused-ring (bicyclic) bond motifs is 1. The molecule has 0 radical (unpaired) electrons. The lowest BCUT2D eigenvalue weighted by molar-refractivity contribution is -0.130. The summed E-state index contributed by atoms with van der Waals surface area (Å²) >= 11 is 0. The maximum Gasteiger partial charge on any atom is 0.264 e. The van der Waals surface area contributed by atoms with Crippen LogP contribution >= 0.6 is 0 Å². The number of nitrogens with zero attached hydrogens (tertiary/aromatic N) is 1. The van der Waals surface area contributed by atoms with Crippen molar-refractivity contribution < 1.29 is 19.4 Å². The van der Waals surface area contributed by atoms with E-state index in [1.165, 1.54) is 0 Å². The van der Waals surface area contributed by atoms with Gasteiger partial charge in [0, 0.05) is 13.1 Å². The van der Waals surface area contributed by atoms with Crippen LogP contribution in [0.1, 0.15) is 13.8 Å². The molecule has 2 N–H and O–H groups in total. The molecule has 0 bridgehead atoms. The zero-order valence-corrected chi connectivity index (χ0v) is 13.1. The van der Waals surface area contributed by atoms with Gasteiger partial charge in [-0.1, -0.05) is 26.0 Å². The van der Waals surface area contributed by atoms with Crippen molar-refractivity contribution >= 4 is 5.91 Å². The first kappa shape index (κ1) is 16.6. The molecule has 22 heavy (non-hydrogen) atoms. The molecule has 1 aromatic rings. The van der Waals surface area contributed by atoms with E-state index in [1.807, 2.05) is 26.0 Å². The van der Waals surface area contributed by atoms with Crippen LogP contribution in [0.4, 0.5) is 0 Å². The van der Waals surface area contributed by atoms with E-state index in [-0.39, 0.29) is 19.1 Å². The molecule has 2 rings (SSSR count). The number of benzene rings is 1. The first-order valence-corrected chi connectivity index (χ1v) is 7.70. The molecule has 0 saturated heterocycles. The highest BCUT2D eigenvalue weighted by Gasteiger charge is 2.27. The highest BCUT2D eigenvalue weighted by atomic mass is 16.6. The molecule has 0 fully saturated rings. The van der Waals surface area contributed by atoms with Gasteiger partial charge in [-0.15, -0.1) is 0 Å². The molecular weight excluding hydrogens is 284 g/mol. The third-order valence-corrected chi connectivity index (χ3v) is 3.68. The molecule has 0 aromatic heterocycles. The number of carbonyl (C=O) groups is 1. The molecule has 0 aliphatic carbocycles. The van der Waals surface area contributed by atoms with Crippen LogP contribution in [0.15, 0.2) is 24.3 Å². The molecule has 6 heteroatoms. The van der Waals surface area contributed by atoms with Crippen molar-refractivity contribution in [3.63, 3.8) is 0 Å². The monoisotopic (exact) mass is 308 g/mol. The first-order chi connectivity index (χ1) is 10.6. The average Bonchev–Trinajstić information content (AvgIpc) is 2.57. The third-order valence-electron chi connectivity index (χ3n) is 3.68. The van der Waals surface area contributed by atoms with Crippen molar-refractivity contribution in [3.05, 3.63) is 24.3 Å². The summed E-state index contributed by atoms with van der Waals surface area (Å²) in [6.07, 6.45) is -1.28. The standard InChI is InChI=1S/C16H24N2O4/c1-3-18(4-2)10-12(19)9-17-16(20)15-11-21-13-7-5-6-8-14(13)22-15/h5-8,12,15,19H,3-4,9-11H2,1-2H3,(H,17,20)/t12-,15-/m0/s1. The summed E-state index contributed by atoms with van der Waals surface area (Å²) in [5.41, 5.74) is 0. The molecule has 2 atom stereocenters. The Morgan fingerprint density at radius 3 is 2.73 bits per heavy atom. The largest absolute Gasteiger partial charge is 0.485 e. The van der Waals surface area contributed by atoms with E-state index >= 15 is 0 Å². The van der Waals surface area contributed by atoms with Gasteiger partial charge in [0.15, 0.2) is 11.5 Å². The summed E-state index contributed by atoms with van der Waals surface area (Å²) in [7, 11) is 0. The highest BCUT2D eigenvalue weighted by Crippen LogP contribution is 2.30. The molecular formula is C16H24N2O4. The number of hydrogen-bond donors (Lipinski definition) is 2. The Balaban J connectivity index is 1.79. The molecule has 1 aliphatic rings. The van der Waals surface area contributed by atoms with Gasteiger partial charge in [0.1, 0.15) is 6.61 Å². The third kappa shape index (κ3) is 4.35. The number of aliphatic hydroxyl groups excluding tert-OH is 1. The van der Waals surface area contributed by atoms with Crippen LogP contribution in [-0.2, 0) is 4.79 Å². The van der Waals surface area contributed by atoms with Crippen LogP contribution in [0.2, 0.25) is 0 Å². The molecule has 0 saturated carbocycles. The lowest BCUT2D eigenvalue weighted by atomic mass is 10.2. The fraction of sp³-hybridized carbons (Fsp3) is 0.562. The van der Waals surface area contributed by atoms with Gasteiger partial charge >= 0.3 is 0 Å². The predicted molar refractivity (Wildman–Crippen MR) is 83.2 cm³/mol. The van der Waals surface area contributed by atoms with Crippen molar-refractivity contribution in [2.75, 3.05) is 32.8 Å². The van der Waals surface area contributed by atoms with E-state index in [0.29, 0.717) is 18.0 Å². The van der Waals surface area contributed by atoms with Crippen molar-refractivity contribution in [2.45, 2.75) is 26.1 Å². The summed E-state index contributed by atoms with van der Waals surface area (Å²) in [4.78, 5) is 14.2. The lowest BCUT2D eigenvalue weighted by Crippen LogP contribution is -2.47. The average molecular weight is 308 g/mol. The summed E-state index contributed by atoms with van der Waals surface area (Å²) in [5.74, 6) is 0.943. The lowest BCUT2D eigenvalue weighted by Gasteiger charge is -2.26. The Morgan fingerprint density at radius 2 is 2.05 bits per heavy atom. The first-order valence-electron chi connectivity index (χ1n) is 7.70. The fourth-order valence-corrected chi connectivity index (χ4v) is 2.33. The van der Waals surface area contributed by atoms with E-state index in [1.54, 1.807) is 12.1 Å². The van der Waals surface area contributed by atoms with Crippen molar-refractivity contribution in [3.8, 4) is 11.5 Å². The second-order valence-corrected chi connectivity index (χ2v) is 5.25. The molecule has 6 nitrogen and oxygen atoms in total. The topological polar surface area (TPSA) is 71.0 Å². The minimum atomic E-state index is -0.685. The van der Waals surface area contributed by atoms with E-state index in [0.717, 1.165) is 13.1 Å². The number of para-hydroxylation sites is 2. The van der Waals surface area contributed by atoms with Gasteiger partial charge in [0.2, 0.25) is 6.10 Å². The van der Waals surface area contributed by atoms with Crippen LogP contribution in [0.3, 0.4) is 0 Å². The number of amides is 1. The SMILES string of the molecule is CCN(CC)C[C@@H](O)CNC(=O)[C@@H]1COc2ccccc2O1. The normalized spacial score (nSPS) is 18.1. The van der Waals surface area contributed by atoms with Crippen molar-refractivity contribution in [1.82, 2.24) is 10.2 Å². The maximum absolute atomic E-state index is 12.1. The fourth-order valence-electron chi connectivity index (χ4n) is 2.33. The van der Waals surface area contributed by atoms with Gasteiger partial charge in [-0.2, -0.15) is 0 Å². The van der Waals surface area contributed by atoms with Crippen LogP contribution in [0.25, 0.3) is 0 Å². The van der Waals surface area contributed by atoms with Crippen molar-refractivity contribution in [2.24, 2.45) is 0 Å². The molecule has 1 aliphatic heterocycles. The molecule has 1 amide bonds. The molecule has 0 unspecified atom stereocenters. The Labute approximate surface area is 131 Å². The Morgan fingerprint density at radius 1 is 1.36 bits per heavy atom. The van der Waals surface area contributed by atoms with Gasteiger partial charge in [-0.05, 0) is 25.2 Å². The van der Waals surface area contributed by atoms with Crippen LogP contribution in [-0.4, -0.2) is 60.9 Å². The summed E-state index contributed by atoms with van der Waals surface area (Å²) in [6, 6.07) is 7.25. The minimum Gasteiger partial charge on any atom is -0.485 e. The molecule has 1 heterocycles. The van der Waals surface area contributed by atoms with Crippen LogP contribution in [0.5, 0.6) is 11.5 Å². The van der Waals surface area contributed by atoms with Gasteiger partial charge in [-0.3, -0.25) is 4.79 Å².